The van der Waals surface area contributed by atoms with E-state index >= 15 is 0 Å². The molecule has 0 radical (unpaired) electrons. The van der Waals surface area contributed by atoms with Crippen molar-refractivity contribution in [2.24, 2.45) is 0 Å². The van der Waals surface area contributed by atoms with E-state index in [1.165, 1.54) is 6.33 Å². The maximum atomic E-state index is 6.02. The Balaban J connectivity index is 1.64. The summed E-state index contributed by atoms with van der Waals surface area (Å²) in [6, 6.07) is 0. The molecule has 3 atom stereocenters. The monoisotopic (exact) mass is 291 g/mol. The van der Waals surface area contributed by atoms with Crippen LogP contribution in [0.25, 0.3) is 11.2 Å². The van der Waals surface area contributed by atoms with Gasteiger partial charge in [0.1, 0.15) is 24.2 Å². The van der Waals surface area contributed by atoms with Crippen LogP contribution in [-0.4, -0.2) is 44.1 Å². The van der Waals surface area contributed by atoms with Crippen LogP contribution in [0.4, 0.5) is 5.82 Å². The van der Waals surface area contributed by atoms with Gasteiger partial charge in [0.05, 0.1) is 19.0 Å². The molecule has 2 aliphatic rings. The molecular weight excluding hydrogens is 274 g/mol. The molecule has 8 heteroatoms. The van der Waals surface area contributed by atoms with Crippen LogP contribution < -0.4 is 5.73 Å². The number of imidazole rings is 1. The normalized spacial score (nSPS) is 31.4. The van der Waals surface area contributed by atoms with E-state index in [4.69, 9.17) is 19.9 Å². The van der Waals surface area contributed by atoms with E-state index in [-0.39, 0.29) is 18.4 Å². The third-order valence-corrected chi connectivity index (χ3v) is 3.91. The van der Waals surface area contributed by atoms with Gasteiger partial charge in [-0.05, 0) is 13.8 Å². The van der Waals surface area contributed by atoms with E-state index in [1.54, 1.807) is 6.33 Å². The van der Waals surface area contributed by atoms with Gasteiger partial charge in [-0.25, -0.2) is 15.0 Å². The minimum atomic E-state index is -0.566. The maximum Gasteiger partial charge on any atom is 0.167 e. The van der Waals surface area contributed by atoms with Gasteiger partial charge in [0, 0.05) is 6.42 Å². The molecule has 8 nitrogen and oxygen atoms in total. The minimum absolute atomic E-state index is 0.00961. The molecule has 2 aromatic rings. The first kappa shape index (κ1) is 12.9. The predicted octanol–water partition coefficient (Wildman–Crippen LogP) is 0.847. The lowest BCUT2D eigenvalue weighted by molar-refractivity contribution is -0.293. The van der Waals surface area contributed by atoms with Crippen LogP contribution in [0, 0.1) is 0 Å². The summed E-state index contributed by atoms with van der Waals surface area (Å²) in [7, 11) is 0. The van der Waals surface area contributed by atoms with Gasteiger partial charge in [-0.2, -0.15) is 0 Å². The van der Waals surface area contributed by atoms with Crippen molar-refractivity contribution in [3.63, 3.8) is 0 Å². The van der Waals surface area contributed by atoms with Crippen molar-refractivity contribution < 1.29 is 14.2 Å². The molecule has 0 aromatic carbocycles. The molecule has 4 rings (SSSR count). The Morgan fingerprint density at radius 2 is 2.14 bits per heavy atom. The van der Waals surface area contributed by atoms with Crippen molar-refractivity contribution in [1.82, 2.24) is 19.5 Å². The fraction of sp³-hybridized carbons (Fsp3) is 0.615. The third-order valence-electron chi connectivity index (χ3n) is 3.91. The molecule has 2 aromatic heterocycles. The molecular formula is C13H17N5O3. The maximum absolute atomic E-state index is 6.02. The molecule has 112 valence electrons. The van der Waals surface area contributed by atoms with Crippen LogP contribution >= 0.6 is 0 Å². The number of hydrogen-bond donors (Lipinski definition) is 1. The average Bonchev–Trinajstić information content (AvgIpc) is 3.01. The van der Waals surface area contributed by atoms with E-state index in [1.807, 2.05) is 18.4 Å². The van der Waals surface area contributed by atoms with Gasteiger partial charge >= 0.3 is 0 Å². The summed E-state index contributed by atoms with van der Waals surface area (Å²) in [6.45, 7) is 4.35. The van der Waals surface area contributed by atoms with Gasteiger partial charge in [-0.1, -0.05) is 0 Å². The summed E-state index contributed by atoms with van der Waals surface area (Å²) in [5.74, 6) is -0.196. The Bertz CT molecular complexity index is 685. The van der Waals surface area contributed by atoms with Crippen molar-refractivity contribution in [2.45, 2.75) is 44.5 Å². The second-order valence-corrected chi connectivity index (χ2v) is 5.81. The summed E-state index contributed by atoms with van der Waals surface area (Å²) in [5.41, 5.74) is 7.07. The standard InChI is InChI=1S/C13H17N5O3/c1-13(2)19-4-8-7(21-13)3-9(20-8)18-6-17-10-11(14)15-5-16-12(10)18/h5-9H,3-4H2,1-2H3,(H2,14,15,16)/t7-,8-,9+/m0/s1. The fourth-order valence-corrected chi connectivity index (χ4v) is 2.91. The topological polar surface area (TPSA) is 97.3 Å². The zero-order chi connectivity index (χ0) is 14.6. The molecule has 2 N–H and O–H groups in total. The van der Waals surface area contributed by atoms with Gasteiger partial charge < -0.3 is 19.9 Å². The van der Waals surface area contributed by atoms with Crippen molar-refractivity contribution >= 4 is 17.0 Å². The van der Waals surface area contributed by atoms with Crippen LogP contribution in [0.3, 0.4) is 0 Å². The third kappa shape index (κ3) is 2.06. The molecule has 0 spiro atoms. The number of rotatable bonds is 1. The van der Waals surface area contributed by atoms with E-state index in [9.17, 15) is 0 Å². The first-order valence-corrected chi connectivity index (χ1v) is 6.94. The molecule has 0 saturated carbocycles. The number of fused-ring (bicyclic) bond motifs is 2. The summed E-state index contributed by atoms with van der Waals surface area (Å²) in [5, 5.41) is 0. The number of hydrogen-bond acceptors (Lipinski definition) is 7. The molecule has 0 amide bonds. The highest BCUT2D eigenvalue weighted by Gasteiger charge is 2.45. The van der Waals surface area contributed by atoms with Crippen LogP contribution in [0.15, 0.2) is 12.7 Å². The minimum Gasteiger partial charge on any atom is -0.382 e. The molecule has 2 fully saturated rings. The van der Waals surface area contributed by atoms with E-state index < -0.39 is 5.79 Å². The van der Waals surface area contributed by atoms with Gasteiger partial charge in [0.2, 0.25) is 0 Å². The molecule has 4 heterocycles. The summed E-state index contributed by atoms with van der Waals surface area (Å²) >= 11 is 0. The lowest BCUT2D eigenvalue weighted by Gasteiger charge is -2.36. The number of nitrogens with zero attached hydrogens (tertiary/aromatic N) is 4. The Morgan fingerprint density at radius 1 is 1.29 bits per heavy atom. The first-order valence-electron chi connectivity index (χ1n) is 6.94. The van der Waals surface area contributed by atoms with Gasteiger partial charge in [0.15, 0.2) is 17.3 Å². The van der Waals surface area contributed by atoms with E-state index in [0.29, 0.717) is 23.6 Å². The summed E-state index contributed by atoms with van der Waals surface area (Å²) in [6.07, 6.45) is 3.60. The lowest BCUT2D eigenvalue weighted by atomic mass is 10.1. The zero-order valence-corrected chi connectivity index (χ0v) is 11.9. The SMILES string of the molecule is CC1(C)OC[C@@H]2O[C@@H](n3cnc4c(N)ncnc43)C[C@@H]2O1. The summed E-state index contributed by atoms with van der Waals surface area (Å²) in [4.78, 5) is 12.5. The van der Waals surface area contributed by atoms with E-state index in [2.05, 4.69) is 15.0 Å². The van der Waals surface area contributed by atoms with Crippen LogP contribution in [0.1, 0.15) is 26.5 Å². The molecule has 21 heavy (non-hydrogen) atoms. The molecule has 2 saturated heterocycles. The predicted molar refractivity (Wildman–Crippen MR) is 73.2 cm³/mol. The smallest absolute Gasteiger partial charge is 0.167 e. The fourth-order valence-electron chi connectivity index (χ4n) is 2.91. The van der Waals surface area contributed by atoms with E-state index in [0.717, 1.165) is 6.42 Å². The Morgan fingerprint density at radius 3 is 3.00 bits per heavy atom. The van der Waals surface area contributed by atoms with Crippen LogP contribution in [-0.2, 0) is 14.2 Å². The second kappa shape index (κ2) is 4.36. The first-order chi connectivity index (χ1) is 10.0. The molecule has 2 aliphatic heterocycles. The Kier molecular flexibility index (Phi) is 2.69. The largest absolute Gasteiger partial charge is 0.382 e. The number of ether oxygens (including phenoxy) is 3. The Hall–Kier alpha value is -1.77. The molecule has 0 bridgehead atoms. The zero-order valence-electron chi connectivity index (χ0n) is 11.9. The van der Waals surface area contributed by atoms with Gasteiger partial charge in [-0.3, -0.25) is 4.57 Å². The van der Waals surface area contributed by atoms with Crippen LogP contribution in [0.5, 0.6) is 0 Å². The van der Waals surface area contributed by atoms with Gasteiger partial charge in [0.25, 0.3) is 0 Å². The Labute approximate surface area is 121 Å². The second-order valence-electron chi connectivity index (χ2n) is 5.81. The highest BCUT2D eigenvalue weighted by atomic mass is 16.7. The molecule has 0 unspecified atom stereocenters. The number of anilines is 1. The van der Waals surface area contributed by atoms with Crippen molar-refractivity contribution in [3.8, 4) is 0 Å². The number of aromatic nitrogens is 4. The van der Waals surface area contributed by atoms with Gasteiger partial charge in [-0.15, -0.1) is 0 Å². The van der Waals surface area contributed by atoms with Crippen molar-refractivity contribution in [3.05, 3.63) is 12.7 Å². The van der Waals surface area contributed by atoms with Crippen molar-refractivity contribution in [2.75, 3.05) is 12.3 Å². The van der Waals surface area contributed by atoms with Crippen LogP contribution in [0.2, 0.25) is 0 Å². The highest BCUT2D eigenvalue weighted by molar-refractivity contribution is 5.81. The quantitative estimate of drug-likeness (QED) is 0.831. The average molecular weight is 291 g/mol. The number of nitrogens with two attached hydrogens (primary N) is 1. The number of nitrogen functional groups attached to an aromatic ring is 1. The summed E-state index contributed by atoms with van der Waals surface area (Å²) < 4.78 is 19.5. The highest BCUT2D eigenvalue weighted by Crippen LogP contribution is 2.38. The lowest BCUT2D eigenvalue weighted by Crippen LogP contribution is -2.46. The molecule has 0 aliphatic carbocycles. The van der Waals surface area contributed by atoms with Crippen molar-refractivity contribution in [1.29, 1.82) is 0 Å².